The van der Waals surface area contributed by atoms with E-state index in [2.05, 4.69) is 31.2 Å². The van der Waals surface area contributed by atoms with Crippen LogP contribution in [0.3, 0.4) is 0 Å². The molecule has 0 saturated carbocycles. The van der Waals surface area contributed by atoms with Gasteiger partial charge in [-0.25, -0.2) is 9.97 Å². The Balaban J connectivity index is 2.17. The largest absolute Gasteiger partial charge is 0.507 e. The summed E-state index contributed by atoms with van der Waals surface area (Å²) in [6.45, 7) is 0. The van der Waals surface area contributed by atoms with E-state index in [0.717, 1.165) is 4.47 Å². The highest BCUT2D eigenvalue weighted by Gasteiger charge is 2.11. The number of nitrogens with one attached hydrogen (secondary N) is 1. The third-order valence-corrected chi connectivity index (χ3v) is 2.40. The molecule has 0 unspecified atom stereocenters. The molecule has 6 heteroatoms. The summed E-state index contributed by atoms with van der Waals surface area (Å²) in [6.07, 6.45) is 3.04. The quantitative estimate of drug-likeness (QED) is 0.890. The lowest BCUT2D eigenvalue weighted by molar-refractivity contribution is 0.102. The second-order valence-electron chi connectivity index (χ2n) is 3.20. The van der Waals surface area contributed by atoms with Crippen LogP contribution in [0.2, 0.25) is 0 Å². The summed E-state index contributed by atoms with van der Waals surface area (Å²) in [5.74, 6) is -0.353. The molecule has 1 aromatic heterocycles. The number of rotatable bonds is 2. The number of para-hydroxylation sites is 1. The average molecular weight is 294 g/mol. The molecule has 0 atom stereocenters. The van der Waals surface area contributed by atoms with Crippen molar-refractivity contribution in [2.45, 2.75) is 0 Å². The molecule has 17 heavy (non-hydrogen) atoms. The van der Waals surface area contributed by atoms with E-state index in [4.69, 9.17) is 0 Å². The number of hydrogen-bond acceptors (Lipinski definition) is 4. The molecule has 86 valence electrons. The van der Waals surface area contributed by atoms with Crippen molar-refractivity contribution in [3.05, 3.63) is 46.7 Å². The van der Waals surface area contributed by atoms with Gasteiger partial charge in [0.1, 0.15) is 5.75 Å². The molecule has 0 saturated heterocycles. The number of nitrogens with zero attached hydrogens (tertiary/aromatic N) is 2. The van der Waals surface area contributed by atoms with E-state index in [9.17, 15) is 9.90 Å². The van der Waals surface area contributed by atoms with Crippen LogP contribution in [0.25, 0.3) is 0 Å². The first-order chi connectivity index (χ1) is 8.16. The van der Waals surface area contributed by atoms with E-state index < -0.39 is 5.91 Å². The summed E-state index contributed by atoms with van der Waals surface area (Å²) < 4.78 is 0.720. The van der Waals surface area contributed by atoms with Crippen LogP contribution in [0, 0.1) is 0 Å². The molecule has 0 radical (unpaired) electrons. The topological polar surface area (TPSA) is 75.1 Å². The number of carbonyl (C=O) groups excluding carboxylic acids is 1. The first-order valence-electron chi connectivity index (χ1n) is 4.74. The van der Waals surface area contributed by atoms with Gasteiger partial charge in [0.05, 0.1) is 10.0 Å². The number of benzene rings is 1. The lowest BCUT2D eigenvalue weighted by atomic mass is 10.2. The fourth-order valence-corrected chi connectivity index (χ4v) is 1.42. The summed E-state index contributed by atoms with van der Waals surface area (Å²) in [7, 11) is 0. The maximum absolute atomic E-state index is 11.8. The number of phenols is 1. The predicted molar refractivity (Wildman–Crippen MR) is 65.8 cm³/mol. The molecular formula is C11H8BrN3O2. The van der Waals surface area contributed by atoms with Crippen LogP contribution in [0.4, 0.5) is 5.95 Å². The van der Waals surface area contributed by atoms with Crippen LogP contribution in [0.15, 0.2) is 41.1 Å². The van der Waals surface area contributed by atoms with Gasteiger partial charge in [0.25, 0.3) is 5.91 Å². The molecular weight excluding hydrogens is 286 g/mol. The van der Waals surface area contributed by atoms with Crippen LogP contribution in [0.1, 0.15) is 10.4 Å². The van der Waals surface area contributed by atoms with Crippen LogP contribution in [-0.2, 0) is 0 Å². The minimum atomic E-state index is -0.453. The van der Waals surface area contributed by atoms with Gasteiger partial charge in [-0.3, -0.25) is 10.1 Å². The first kappa shape index (κ1) is 11.5. The highest BCUT2D eigenvalue weighted by molar-refractivity contribution is 9.10. The van der Waals surface area contributed by atoms with E-state index in [-0.39, 0.29) is 17.3 Å². The van der Waals surface area contributed by atoms with Gasteiger partial charge in [-0.1, -0.05) is 12.1 Å². The first-order valence-corrected chi connectivity index (χ1v) is 5.53. The second kappa shape index (κ2) is 4.92. The molecule has 0 aliphatic rings. The summed E-state index contributed by atoms with van der Waals surface area (Å²) in [6, 6.07) is 6.26. The van der Waals surface area contributed by atoms with Crippen molar-refractivity contribution in [1.29, 1.82) is 0 Å². The van der Waals surface area contributed by atoms with Gasteiger partial charge < -0.3 is 5.11 Å². The smallest absolute Gasteiger partial charge is 0.261 e. The number of anilines is 1. The molecule has 2 aromatic rings. The zero-order valence-corrected chi connectivity index (χ0v) is 10.2. The molecule has 5 nitrogen and oxygen atoms in total. The van der Waals surface area contributed by atoms with E-state index in [1.54, 1.807) is 12.1 Å². The van der Waals surface area contributed by atoms with Gasteiger partial charge in [-0.2, -0.15) is 0 Å². The minimum absolute atomic E-state index is 0.0814. The van der Waals surface area contributed by atoms with Crippen LogP contribution < -0.4 is 5.32 Å². The van der Waals surface area contributed by atoms with Crippen molar-refractivity contribution >= 4 is 27.8 Å². The number of phenolic OH excluding ortho intramolecular Hbond substituents is 1. The normalized spacial score (nSPS) is 9.94. The van der Waals surface area contributed by atoms with Gasteiger partial charge in [-0.05, 0) is 28.1 Å². The molecule has 0 aliphatic carbocycles. The molecule has 2 N–H and O–H groups in total. The van der Waals surface area contributed by atoms with Gasteiger partial charge in [0, 0.05) is 12.4 Å². The summed E-state index contributed by atoms with van der Waals surface area (Å²) in [5, 5.41) is 12.0. The number of aromatic nitrogens is 2. The van der Waals surface area contributed by atoms with E-state index in [1.165, 1.54) is 24.5 Å². The van der Waals surface area contributed by atoms with Crippen molar-refractivity contribution in [3.63, 3.8) is 0 Å². The lowest BCUT2D eigenvalue weighted by Gasteiger charge is -2.04. The summed E-state index contributed by atoms with van der Waals surface area (Å²) in [4.78, 5) is 19.6. The van der Waals surface area contributed by atoms with Crippen LogP contribution >= 0.6 is 15.9 Å². The molecule has 2 rings (SSSR count). The third-order valence-electron chi connectivity index (χ3n) is 1.99. The molecule has 0 aliphatic heterocycles. The van der Waals surface area contributed by atoms with Gasteiger partial charge in [-0.15, -0.1) is 0 Å². The number of halogens is 1. The average Bonchev–Trinajstić information content (AvgIpc) is 2.32. The Kier molecular flexibility index (Phi) is 3.34. The van der Waals surface area contributed by atoms with Crippen molar-refractivity contribution in [3.8, 4) is 5.75 Å². The van der Waals surface area contributed by atoms with E-state index in [1.807, 2.05) is 0 Å². The number of amides is 1. The Morgan fingerprint density at radius 3 is 2.53 bits per heavy atom. The van der Waals surface area contributed by atoms with E-state index >= 15 is 0 Å². The second-order valence-corrected chi connectivity index (χ2v) is 4.11. The van der Waals surface area contributed by atoms with Crippen LogP contribution in [0.5, 0.6) is 5.75 Å². The zero-order chi connectivity index (χ0) is 12.3. The Morgan fingerprint density at radius 2 is 1.88 bits per heavy atom. The molecule has 1 amide bonds. The molecule has 0 fully saturated rings. The molecule has 1 aromatic carbocycles. The fourth-order valence-electron chi connectivity index (χ4n) is 1.21. The summed E-state index contributed by atoms with van der Waals surface area (Å²) in [5.41, 5.74) is 0.180. The Labute approximate surface area is 106 Å². The monoisotopic (exact) mass is 293 g/mol. The van der Waals surface area contributed by atoms with Crippen molar-refractivity contribution in [2.75, 3.05) is 5.32 Å². The highest BCUT2D eigenvalue weighted by Crippen LogP contribution is 2.16. The maximum Gasteiger partial charge on any atom is 0.261 e. The number of hydrogen-bond donors (Lipinski definition) is 2. The summed E-state index contributed by atoms with van der Waals surface area (Å²) >= 11 is 3.19. The Bertz CT molecular complexity index is 543. The predicted octanol–water partition coefficient (Wildman–Crippen LogP) is 2.20. The van der Waals surface area contributed by atoms with Crippen molar-refractivity contribution in [2.24, 2.45) is 0 Å². The van der Waals surface area contributed by atoms with Crippen LogP contribution in [-0.4, -0.2) is 21.0 Å². The van der Waals surface area contributed by atoms with Gasteiger partial charge in [0.2, 0.25) is 5.95 Å². The third kappa shape index (κ3) is 2.79. The number of aromatic hydroxyl groups is 1. The SMILES string of the molecule is O=C(Nc1ncc(Br)cn1)c1ccccc1O. The standard InChI is InChI=1S/C11H8BrN3O2/c12-7-5-13-11(14-6-7)15-10(17)8-3-1-2-4-9(8)16/h1-6,16H,(H,13,14,15,17). The van der Waals surface area contributed by atoms with Crippen molar-refractivity contribution in [1.82, 2.24) is 9.97 Å². The lowest BCUT2D eigenvalue weighted by Crippen LogP contribution is -2.14. The van der Waals surface area contributed by atoms with Gasteiger partial charge >= 0.3 is 0 Å². The maximum atomic E-state index is 11.8. The van der Waals surface area contributed by atoms with Crippen molar-refractivity contribution < 1.29 is 9.90 Å². The Hall–Kier alpha value is -1.95. The molecule has 0 spiro atoms. The van der Waals surface area contributed by atoms with E-state index in [0.29, 0.717) is 0 Å². The minimum Gasteiger partial charge on any atom is -0.507 e. The fraction of sp³-hybridized carbons (Fsp3) is 0. The molecule has 1 heterocycles. The zero-order valence-electron chi connectivity index (χ0n) is 8.59. The molecule has 0 bridgehead atoms. The number of carbonyl (C=O) groups is 1. The highest BCUT2D eigenvalue weighted by atomic mass is 79.9. The Morgan fingerprint density at radius 1 is 1.24 bits per heavy atom. The van der Waals surface area contributed by atoms with Gasteiger partial charge in [0.15, 0.2) is 0 Å².